The summed E-state index contributed by atoms with van der Waals surface area (Å²) in [5.41, 5.74) is 1.36. The summed E-state index contributed by atoms with van der Waals surface area (Å²) in [5, 5.41) is 9.51. The molecule has 1 aliphatic rings. The fourth-order valence-electron chi connectivity index (χ4n) is 2.24. The minimum atomic E-state index is -0.161. The zero-order valence-corrected chi connectivity index (χ0v) is 9.26. The van der Waals surface area contributed by atoms with Crippen molar-refractivity contribution in [1.29, 1.82) is 0 Å². The molecule has 0 saturated carbocycles. The Labute approximate surface area is 91.5 Å². The molecule has 1 fully saturated rings. The van der Waals surface area contributed by atoms with Crippen molar-refractivity contribution in [2.75, 3.05) is 13.1 Å². The van der Waals surface area contributed by atoms with Crippen LogP contribution in [0.1, 0.15) is 18.9 Å². The van der Waals surface area contributed by atoms with Gasteiger partial charge in [0.15, 0.2) is 0 Å². The Kier molecular flexibility index (Phi) is 3.39. The molecule has 1 aromatic carbocycles. The smallest absolute Gasteiger partial charge is 0.0552 e. The predicted molar refractivity (Wildman–Crippen MR) is 61.5 cm³/mol. The third-order valence-corrected chi connectivity index (χ3v) is 3.24. The number of benzene rings is 1. The number of aliphatic hydroxyl groups excluding tert-OH is 1. The van der Waals surface area contributed by atoms with Gasteiger partial charge < -0.3 is 5.11 Å². The van der Waals surface area contributed by atoms with Crippen molar-refractivity contribution < 1.29 is 5.11 Å². The van der Waals surface area contributed by atoms with Gasteiger partial charge in [-0.25, -0.2) is 0 Å². The Hall–Kier alpha value is -0.860. The molecule has 2 atom stereocenters. The summed E-state index contributed by atoms with van der Waals surface area (Å²) in [6.45, 7) is 5.07. The summed E-state index contributed by atoms with van der Waals surface area (Å²) < 4.78 is 0. The van der Waals surface area contributed by atoms with Crippen LogP contribution in [0.15, 0.2) is 30.3 Å². The molecule has 2 heteroatoms. The van der Waals surface area contributed by atoms with Crippen molar-refractivity contribution in [2.24, 2.45) is 5.92 Å². The standard InChI is InChI=1S/C13H19NO/c1-11(15)13-7-8-14(10-13)9-12-5-3-2-4-6-12/h2-6,11,13,15H,7-10H2,1H3/t11-,13+/m0/s1. The number of hydrogen-bond acceptors (Lipinski definition) is 2. The summed E-state index contributed by atoms with van der Waals surface area (Å²) in [6.07, 6.45) is 0.968. The van der Waals surface area contributed by atoms with Crippen LogP contribution in [0.5, 0.6) is 0 Å². The molecule has 15 heavy (non-hydrogen) atoms. The highest BCUT2D eigenvalue weighted by molar-refractivity contribution is 5.14. The topological polar surface area (TPSA) is 23.5 Å². The van der Waals surface area contributed by atoms with Crippen LogP contribution in [0.25, 0.3) is 0 Å². The number of aliphatic hydroxyl groups is 1. The molecule has 0 aliphatic carbocycles. The maximum atomic E-state index is 9.51. The van der Waals surface area contributed by atoms with Gasteiger partial charge in [-0.2, -0.15) is 0 Å². The highest BCUT2D eigenvalue weighted by atomic mass is 16.3. The molecule has 0 amide bonds. The quantitative estimate of drug-likeness (QED) is 0.814. The van der Waals surface area contributed by atoms with Crippen LogP contribution in [0.3, 0.4) is 0 Å². The normalized spacial score (nSPS) is 24.3. The van der Waals surface area contributed by atoms with E-state index in [0.717, 1.165) is 26.1 Å². The lowest BCUT2D eigenvalue weighted by Gasteiger charge is -2.17. The SMILES string of the molecule is C[C@H](O)[C@@H]1CCN(Cc2ccccc2)C1. The molecule has 0 spiro atoms. The summed E-state index contributed by atoms with van der Waals surface area (Å²) in [6, 6.07) is 10.5. The van der Waals surface area contributed by atoms with Gasteiger partial charge in [0.25, 0.3) is 0 Å². The number of likely N-dealkylation sites (tertiary alicyclic amines) is 1. The average Bonchev–Trinajstić information content (AvgIpc) is 2.68. The van der Waals surface area contributed by atoms with Gasteiger partial charge in [0, 0.05) is 13.1 Å². The first kappa shape index (κ1) is 10.7. The Morgan fingerprint density at radius 1 is 1.40 bits per heavy atom. The molecule has 1 N–H and O–H groups in total. The third kappa shape index (κ3) is 2.80. The monoisotopic (exact) mass is 205 g/mol. The van der Waals surface area contributed by atoms with E-state index in [-0.39, 0.29) is 6.10 Å². The molecule has 2 nitrogen and oxygen atoms in total. The molecular weight excluding hydrogens is 186 g/mol. The van der Waals surface area contributed by atoms with Crippen LogP contribution < -0.4 is 0 Å². The summed E-state index contributed by atoms with van der Waals surface area (Å²) in [5.74, 6) is 0.466. The number of rotatable bonds is 3. The average molecular weight is 205 g/mol. The van der Waals surface area contributed by atoms with E-state index < -0.39 is 0 Å². The Bertz CT molecular complexity index is 297. The van der Waals surface area contributed by atoms with Crippen molar-refractivity contribution in [3.8, 4) is 0 Å². The van der Waals surface area contributed by atoms with Crippen LogP contribution >= 0.6 is 0 Å². The Morgan fingerprint density at radius 3 is 2.73 bits per heavy atom. The lowest BCUT2D eigenvalue weighted by molar-refractivity contribution is 0.127. The van der Waals surface area contributed by atoms with Gasteiger partial charge in [0.2, 0.25) is 0 Å². The van der Waals surface area contributed by atoms with E-state index in [1.54, 1.807) is 0 Å². The zero-order valence-electron chi connectivity index (χ0n) is 9.26. The van der Waals surface area contributed by atoms with E-state index in [1.165, 1.54) is 5.56 Å². The highest BCUT2D eigenvalue weighted by Gasteiger charge is 2.25. The van der Waals surface area contributed by atoms with Crippen LogP contribution in [0, 0.1) is 5.92 Å². The van der Waals surface area contributed by atoms with Gasteiger partial charge in [0.1, 0.15) is 0 Å². The first-order valence-corrected chi connectivity index (χ1v) is 5.70. The molecule has 1 aliphatic heterocycles. The fourth-order valence-corrected chi connectivity index (χ4v) is 2.24. The lowest BCUT2D eigenvalue weighted by atomic mass is 10.0. The molecule has 2 rings (SSSR count). The number of nitrogens with zero attached hydrogens (tertiary/aromatic N) is 1. The zero-order chi connectivity index (χ0) is 10.7. The Balaban J connectivity index is 1.88. The fraction of sp³-hybridized carbons (Fsp3) is 0.538. The molecule has 1 heterocycles. The molecule has 0 radical (unpaired) electrons. The van der Waals surface area contributed by atoms with E-state index >= 15 is 0 Å². The molecule has 0 aromatic heterocycles. The van der Waals surface area contributed by atoms with E-state index in [2.05, 4.69) is 29.2 Å². The molecule has 82 valence electrons. The predicted octanol–water partition coefficient (Wildman–Crippen LogP) is 1.89. The van der Waals surface area contributed by atoms with Gasteiger partial charge in [-0.15, -0.1) is 0 Å². The highest BCUT2D eigenvalue weighted by Crippen LogP contribution is 2.21. The molecule has 0 bridgehead atoms. The number of hydrogen-bond donors (Lipinski definition) is 1. The van der Waals surface area contributed by atoms with Crippen molar-refractivity contribution in [2.45, 2.75) is 26.0 Å². The Morgan fingerprint density at radius 2 is 2.13 bits per heavy atom. The van der Waals surface area contributed by atoms with E-state index in [4.69, 9.17) is 0 Å². The van der Waals surface area contributed by atoms with E-state index in [9.17, 15) is 5.11 Å². The van der Waals surface area contributed by atoms with Crippen LogP contribution in [0.2, 0.25) is 0 Å². The molecular formula is C13H19NO. The maximum Gasteiger partial charge on any atom is 0.0552 e. The second kappa shape index (κ2) is 4.77. The molecule has 0 unspecified atom stereocenters. The summed E-state index contributed by atoms with van der Waals surface area (Å²) in [4.78, 5) is 2.42. The van der Waals surface area contributed by atoms with Crippen molar-refractivity contribution in [3.05, 3.63) is 35.9 Å². The van der Waals surface area contributed by atoms with Gasteiger partial charge >= 0.3 is 0 Å². The van der Waals surface area contributed by atoms with Crippen molar-refractivity contribution >= 4 is 0 Å². The minimum absolute atomic E-state index is 0.161. The molecule has 1 aromatic rings. The van der Waals surface area contributed by atoms with Gasteiger partial charge in [0.05, 0.1) is 6.10 Å². The second-order valence-corrected chi connectivity index (χ2v) is 4.51. The van der Waals surface area contributed by atoms with E-state index in [1.807, 2.05) is 13.0 Å². The van der Waals surface area contributed by atoms with Crippen LogP contribution in [-0.4, -0.2) is 29.2 Å². The van der Waals surface area contributed by atoms with Crippen molar-refractivity contribution in [3.63, 3.8) is 0 Å². The van der Waals surface area contributed by atoms with Gasteiger partial charge in [-0.1, -0.05) is 30.3 Å². The maximum absolute atomic E-state index is 9.51. The van der Waals surface area contributed by atoms with Gasteiger partial charge in [-0.3, -0.25) is 4.90 Å². The second-order valence-electron chi connectivity index (χ2n) is 4.51. The minimum Gasteiger partial charge on any atom is -0.393 e. The van der Waals surface area contributed by atoms with Gasteiger partial charge in [-0.05, 0) is 31.4 Å². The largest absolute Gasteiger partial charge is 0.393 e. The summed E-state index contributed by atoms with van der Waals surface area (Å²) >= 11 is 0. The third-order valence-electron chi connectivity index (χ3n) is 3.24. The molecule has 1 saturated heterocycles. The summed E-state index contributed by atoms with van der Waals surface area (Å²) in [7, 11) is 0. The van der Waals surface area contributed by atoms with E-state index in [0.29, 0.717) is 5.92 Å². The first-order valence-electron chi connectivity index (χ1n) is 5.70. The first-order chi connectivity index (χ1) is 7.25. The lowest BCUT2D eigenvalue weighted by Crippen LogP contribution is -2.23. The van der Waals surface area contributed by atoms with Crippen LogP contribution in [-0.2, 0) is 6.54 Å². The van der Waals surface area contributed by atoms with Crippen LogP contribution in [0.4, 0.5) is 0 Å². The van der Waals surface area contributed by atoms with Crippen molar-refractivity contribution in [1.82, 2.24) is 4.90 Å².